The van der Waals surface area contributed by atoms with Crippen LogP contribution < -0.4 is 10.6 Å². The van der Waals surface area contributed by atoms with Gasteiger partial charge in [0.2, 0.25) is 5.91 Å². The van der Waals surface area contributed by atoms with Crippen molar-refractivity contribution in [3.63, 3.8) is 0 Å². The number of carbonyl (C=O) groups is 1. The summed E-state index contributed by atoms with van der Waals surface area (Å²) in [5.41, 5.74) is 4.38. The quantitative estimate of drug-likeness (QED) is 0.810. The van der Waals surface area contributed by atoms with Gasteiger partial charge in [-0.2, -0.15) is 0 Å². The molecule has 0 saturated carbocycles. The lowest BCUT2D eigenvalue weighted by Crippen LogP contribution is -2.35. The highest BCUT2D eigenvalue weighted by Gasteiger charge is 2.28. The van der Waals surface area contributed by atoms with Crippen molar-refractivity contribution in [1.82, 2.24) is 10.3 Å². The van der Waals surface area contributed by atoms with E-state index in [2.05, 4.69) is 41.6 Å². The van der Waals surface area contributed by atoms with E-state index in [9.17, 15) is 9.90 Å². The number of thiazole rings is 1. The summed E-state index contributed by atoms with van der Waals surface area (Å²) in [4.78, 5) is 16.6. The Labute approximate surface area is 133 Å². The Kier molecular flexibility index (Phi) is 4.24. The Bertz CT molecular complexity index is 698. The summed E-state index contributed by atoms with van der Waals surface area (Å²) in [5, 5.41) is 17.8. The van der Waals surface area contributed by atoms with Gasteiger partial charge in [0.1, 0.15) is 0 Å². The summed E-state index contributed by atoms with van der Waals surface area (Å²) in [6, 6.07) is 5.87. The fourth-order valence-corrected chi connectivity index (χ4v) is 3.20. The number of hydrogen-bond acceptors (Lipinski definition) is 5. The van der Waals surface area contributed by atoms with Crippen LogP contribution in [-0.2, 0) is 4.79 Å². The van der Waals surface area contributed by atoms with Crippen LogP contribution in [0, 0.1) is 13.8 Å². The molecular weight excluding hydrogens is 298 g/mol. The first kappa shape index (κ1) is 15.1. The molecular formula is C16H19N3O2S. The van der Waals surface area contributed by atoms with Gasteiger partial charge < -0.3 is 15.7 Å². The smallest absolute Gasteiger partial charge is 0.243 e. The lowest BCUT2D eigenvalue weighted by molar-refractivity contribution is -0.117. The van der Waals surface area contributed by atoms with Crippen LogP contribution in [0.1, 0.15) is 17.5 Å². The third-order valence-electron chi connectivity index (χ3n) is 3.96. The van der Waals surface area contributed by atoms with Crippen LogP contribution in [0.5, 0.6) is 0 Å². The third kappa shape index (κ3) is 3.19. The average molecular weight is 317 g/mol. The maximum Gasteiger partial charge on any atom is 0.243 e. The van der Waals surface area contributed by atoms with E-state index in [0.717, 1.165) is 11.3 Å². The van der Waals surface area contributed by atoms with Gasteiger partial charge in [-0.15, -0.1) is 11.3 Å². The van der Waals surface area contributed by atoms with Gasteiger partial charge in [-0.05, 0) is 37.5 Å². The van der Waals surface area contributed by atoms with Crippen LogP contribution in [-0.4, -0.2) is 34.7 Å². The van der Waals surface area contributed by atoms with Crippen LogP contribution in [0.25, 0.3) is 11.3 Å². The molecule has 3 rings (SSSR count). The van der Waals surface area contributed by atoms with Crippen LogP contribution in [0.2, 0.25) is 0 Å². The molecule has 0 spiro atoms. The zero-order chi connectivity index (χ0) is 15.7. The molecule has 2 heterocycles. The summed E-state index contributed by atoms with van der Waals surface area (Å²) in [6.07, 6.45) is -0.000510. The zero-order valence-electron chi connectivity index (χ0n) is 12.6. The number of aryl methyl sites for hydroxylation is 2. The number of nitrogens with zero attached hydrogens (tertiary/aromatic N) is 1. The number of carbonyl (C=O) groups excluding carboxylic acids is 1. The SMILES string of the molecule is Cc1ccc(-c2csc(NC(=O)C3CC(O)CN3)n2)cc1C. The zero-order valence-corrected chi connectivity index (χ0v) is 13.4. The van der Waals surface area contributed by atoms with Crippen molar-refractivity contribution in [2.45, 2.75) is 32.4 Å². The molecule has 1 saturated heterocycles. The number of amides is 1. The molecule has 116 valence electrons. The summed E-state index contributed by atoms with van der Waals surface area (Å²) < 4.78 is 0. The van der Waals surface area contributed by atoms with E-state index < -0.39 is 6.10 Å². The predicted octanol–water partition coefficient (Wildman–Crippen LogP) is 2.09. The summed E-state index contributed by atoms with van der Waals surface area (Å²) in [7, 11) is 0. The van der Waals surface area contributed by atoms with Crippen molar-refractivity contribution < 1.29 is 9.90 Å². The molecule has 3 N–H and O–H groups in total. The minimum atomic E-state index is -0.446. The minimum Gasteiger partial charge on any atom is -0.392 e. The first-order valence-electron chi connectivity index (χ1n) is 7.28. The van der Waals surface area contributed by atoms with Crippen molar-refractivity contribution in [2.75, 3.05) is 11.9 Å². The third-order valence-corrected chi connectivity index (χ3v) is 4.72. The van der Waals surface area contributed by atoms with E-state index in [1.54, 1.807) is 0 Å². The Morgan fingerprint density at radius 3 is 2.91 bits per heavy atom. The number of nitrogens with one attached hydrogen (secondary N) is 2. The van der Waals surface area contributed by atoms with E-state index in [-0.39, 0.29) is 11.9 Å². The molecule has 0 bridgehead atoms. The van der Waals surface area contributed by atoms with Crippen molar-refractivity contribution in [3.05, 3.63) is 34.7 Å². The monoisotopic (exact) mass is 317 g/mol. The predicted molar refractivity (Wildman–Crippen MR) is 88.1 cm³/mol. The highest BCUT2D eigenvalue weighted by atomic mass is 32.1. The Hall–Kier alpha value is -1.76. The molecule has 1 aliphatic rings. The number of aliphatic hydroxyl groups excluding tert-OH is 1. The van der Waals surface area contributed by atoms with E-state index in [4.69, 9.17) is 0 Å². The highest BCUT2D eigenvalue weighted by molar-refractivity contribution is 7.14. The summed E-state index contributed by atoms with van der Waals surface area (Å²) >= 11 is 1.41. The second kappa shape index (κ2) is 6.16. The molecule has 22 heavy (non-hydrogen) atoms. The lowest BCUT2D eigenvalue weighted by atomic mass is 10.1. The number of anilines is 1. The standard InChI is InChI=1S/C16H19N3O2S/c1-9-3-4-11(5-10(9)2)14-8-22-16(18-14)19-15(21)13-6-12(20)7-17-13/h3-5,8,12-13,17,20H,6-7H2,1-2H3,(H,18,19,21). The molecule has 0 radical (unpaired) electrons. The maximum atomic E-state index is 12.1. The van der Waals surface area contributed by atoms with Gasteiger partial charge in [0.15, 0.2) is 5.13 Å². The normalized spacial score (nSPS) is 21.0. The fraction of sp³-hybridized carbons (Fsp3) is 0.375. The van der Waals surface area contributed by atoms with E-state index in [1.165, 1.54) is 22.5 Å². The largest absolute Gasteiger partial charge is 0.392 e. The number of hydrogen-bond donors (Lipinski definition) is 3. The second-order valence-electron chi connectivity index (χ2n) is 5.68. The van der Waals surface area contributed by atoms with E-state index in [1.807, 2.05) is 11.4 Å². The maximum absolute atomic E-state index is 12.1. The van der Waals surface area contributed by atoms with Gasteiger partial charge in [-0.3, -0.25) is 4.79 Å². The van der Waals surface area contributed by atoms with Crippen molar-refractivity contribution in [3.8, 4) is 11.3 Å². The van der Waals surface area contributed by atoms with Gasteiger partial charge in [-0.25, -0.2) is 4.98 Å². The molecule has 2 aromatic rings. The number of rotatable bonds is 3. The van der Waals surface area contributed by atoms with Crippen molar-refractivity contribution in [1.29, 1.82) is 0 Å². The molecule has 1 amide bonds. The Balaban J connectivity index is 1.71. The highest BCUT2D eigenvalue weighted by Crippen LogP contribution is 2.26. The Morgan fingerprint density at radius 2 is 2.23 bits per heavy atom. The van der Waals surface area contributed by atoms with E-state index >= 15 is 0 Å². The first-order valence-corrected chi connectivity index (χ1v) is 8.16. The molecule has 1 aliphatic heterocycles. The molecule has 1 fully saturated rings. The first-order chi connectivity index (χ1) is 10.5. The lowest BCUT2D eigenvalue weighted by Gasteiger charge is -2.08. The molecule has 6 heteroatoms. The molecule has 0 aliphatic carbocycles. The van der Waals surface area contributed by atoms with Crippen molar-refractivity contribution in [2.24, 2.45) is 0 Å². The van der Waals surface area contributed by atoms with Crippen LogP contribution >= 0.6 is 11.3 Å². The molecule has 1 aromatic carbocycles. The fourth-order valence-electron chi connectivity index (χ4n) is 2.47. The molecule has 1 aromatic heterocycles. The van der Waals surface area contributed by atoms with Gasteiger partial charge in [0.05, 0.1) is 17.8 Å². The van der Waals surface area contributed by atoms with Crippen molar-refractivity contribution >= 4 is 22.4 Å². The van der Waals surface area contributed by atoms with Gasteiger partial charge in [0, 0.05) is 17.5 Å². The number of benzene rings is 1. The molecule has 2 atom stereocenters. The average Bonchev–Trinajstić information content (AvgIpc) is 3.11. The topological polar surface area (TPSA) is 74.2 Å². The van der Waals surface area contributed by atoms with Crippen LogP contribution in [0.3, 0.4) is 0 Å². The van der Waals surface area contributed by atoms with Gasteiger partial charge in [0.25, 0.3) is 0 Å². The number of β-amino-alcohol motifs (C(OH)–C–C–N with tert-alkyl or cyclic N) is 1. The van der Waals surface area contributed by atoms with Gasteiger partial charge in [-0.1, -0.05) is 12.1 Å². The Morgan fingerprint density at radius 1 is 1.41 bits per heavy atom. The summed E-state index contributed by atoms with van der Waals surface area (Å²) in [6.45, 7) is 4.61. The van der Waals surface area contributed by atoms with Crippen LogP contribution in [0.15, 0.2) is 23.6 Å². The second-order valence-corrected chi connectivity index (χ2v) is 6.53. The number of aromatic nitrogens is 1. The minimum absolute atomic E-state index is 0.141. The molecule has 5 nitrogen and oxygen atoms in total. The number of aliphatic hydroxyl groups is 1. The van der Waals surface area contributed by atoms with Gasteiger partial charge >= 0.3 is 0 Å². The van der Waals surface area contributed by atoms with E-state index in [0.29, 0.717) is 18.1 Å². The molecule has 2 unspecified atom stereocenters. The summed E-state index contributed by atoms with van der Waals surface area (Å²) in [5.74, 6) is -0.141. The van der Waals surface area contributed by atoms with Crippen LogP contribution in [0.4, 0.5) is 5.13 Å².